The van der Waals surface area contributed by atoms with Gasteiger partial charge in [0.05, 0.1) is 13.7 Å². The molecule has 0 saturated heterocycles. The van der Waals surface area contributed by atoms with Crippen molar-refractivity contribution in [2.75, 3.05) is 13.7 Å². The Hall–Kier alpha value is -2.20. The van der Waals surface area contributed by atoms with Gasteiger partial charge in [0.25, 0.3) is 0 Å². The van der Waals surface area contributed by atoms with Crippen LogP contribution in [0.4, 0.5) is 0 Å². The van der Waals surface area contributed by atoms with E-state index in [1.54, 1.807) is 19.2 Å². The zero-order valence-corrected chi connectivity index (χ0v) is 14.0. The molecule has 0 spiro atoms. The summed E-state index contributed by atoms with van der Waals surface area (Å²) in [7, 11) is 1.59. The Labute approximate surface area is 141 Å². The molecule has 2 rings (SSSR count). The summed E-state index contributed by atoms with van der Waals surface area (Å²) in [6.07, 6.45) is 0.207. The SMILES string of the molecule is CCOc1ccc(C(CC(N)=O)c2ccc(Cl)cc2)cc1OC. The number of nitrogens with two attached hydrogens (primary N) is 1. The van der Waals surface area contributed by atoms with Gasteiger partial charge in [0, 0.05) is 17.4 Å². The maximum absolute atomic E-state index is 11.5. The molecule has 0 aliphatic carbocycles. The standard InChI is InChI=1S/C18H20ClNO3/c1-3-23-16-9-6-13(10-17(16)22-2)15(11-18(20)21)12-4-7-14(19)8-5-12/h4-10,15H,3,11H2,1-2H3,(H2,20,21). The number of amides is 1. The van der Waals surface area contributed by atoms with E-state index in [0.29, 0.717) is 23.1 Å². The third kappa shape index (κ3) is 4.39. The molecular formula is C18H20ClNO3. The number of benzene rings is 2. The molecule has 0 fully saturated rings. The van der Waals surface area contributed by atoms with Gasteiger partial charge in [0.15, 0.2) is 11.5 Å². The van der Waals surface area contributed by atoms with Gasteiger partial charge >= 0.3 is 0 Å². The quantitative estimate of drug-likeness (QED) is 0.839. The Kier molecular flexibility index (Phi) is 5.88. The van der Waals surface area contributed by atoms with Crippen molar-refractivity contribution in [2.45, 2.75) is 19.3 Å². The highest BCUT2D eigenvalue weighted by Crippen LogP contribution is 2.35. The van der Waals surface area contributed by atoms with Crippen LogP contribution < -0.4 is 15.2 Å². The average Bonchev–Trinajstić information content (AvgIpc) is 2.54. The van der Waals surface area contributed by atoms with Crippen LogP contribution in [0.15, 0.2) is 42.5 Å². The first-order valence-electron chi connectivity index (χ1n) is 7.39. The van der Waals surface area contributed by atoms with E-state index in [9.17, 15) is 4.79 Å². The largest absolute Gasteiger partial charge is 0.493 e. The molecule has 2 N–H and O–H groups in total. The van der Waals surface area contributed by atoms with Gasteiger partial charge < -0.3 is 15.2 Å². The normalized spacial score (nSPS) is 11.8. The molecule has 0 aromatic heterocycles. The minimum absolute atomic E-state index is 0.158. The maximum Gasteiger partial charge on any atom is 0.218 e. The Morgan fingerprint density at radius 1 is 1.13 bits per heavy atom. The molecule has 0 heterocycles. The smallest absolute Gasteiger partial charge is 0.218 e. The van der Waals surface area contributed by atoms with Crippen molar-refractivity contribution in [3.63, 3.8) is 0 Å². The molecule has 2 aromatic rings. The molecule has 0 saturated carbocycles. The van der Waals surface area contributed by atoms with Crippen LogP contribution in [0.3, 0.4) is 0 Å². The van der Waals surface area contributed by atoms with E-state index in [-0.39, 0.29) is 18.2 Å². The highest BCUT2D eigenvalue weighted by atomic mass is 35.5. The Morgan fingerprint density at radius 2 is 1.78 bits per heavy atom. The summed E-state index contributed by atoms with van der Waals surface area (Å²) in [6.45, 7) is 2.47. The molecule has 0 radical (unpaired) electrons. The summed E-state index contributed by atoms with van der Waals surface area (Å²) in [6, 6.07) is 13.1. The lowest BCUT2D eigenvalue weighted by Gasteiger charge is -2.19. The number of rotatable bonds is 7. The van der Waals surface area contributed by atoms with Crippen LogP contribution in [-0.2, 0) is 4.79 Å². The van der Waals surface area contributed by atoms with Crippen molar-refractivity contribution in [1.82, 2.24) is 0 Å². The van der Waals surface area contributed by atoms with Crippen molar-refractivity contribution >= 4 is 17.5 Å². The van der Waals surface area contributed by atoms with Crippen molar-refractivity contribution in [2.24, 2.45) is 5.73 Å². The van der Waals surface area contributed by atoms with Crippen molar-refractivity contribution < 1.29 is 14.3 Å². The molecule has 0 bridgehead atoms. The van der Waals surface area contributed by atoms with E-state index < -0.39 is 0 Å². The topological polar surface area (TPSA) is 61.5 Å². The van der Waals surface area contributed by atoms with E-state index >= 15 is 0 Å². The van der Waals surface area contributed by atoms with E-state index in [0.717, 1.165) is 11.1 Å². The van der Waals surface area contributed by atoms with Crippen LogP contribution in [0, 0.1) is 0 Å². The predicted molar refractivity (Wildman–Crippen MR) is 91.3 cm³/mol. The van der Waals surface area contributed by atoms with Gasteiger partial charge in [-0.1, -0.05) is 29.8 Å². The lowest BCUT2D eigenvalue weighted by atomic mass is 9.88. The van der Waals surface area contributed by atoms with E-state index in [1.165, 1.54) is 0 Å². The molecule has 5 heteroatoms. The maximum atomic E-state index is 11.5. The molecular weight excluding hydrogens is 314 g/mol. The van der Waals surface area contributed by atoms with Gasteiger partial charge in [0.2, 0.25) is 5.91 Å². The van der Waals surface area contributed by atoms with Crippen molar-refractivity contribution in [3.05, 3.63) is 58.6 Å². The van der Waals surface area contributed by atoms with Crippen LogP contribution in [-0.4, -0.2) is 19.6 Å². The fourth-order valence-electron chi connectivity index (χ4n) is 2.50. The second kappa shape index (κ2) is 7.88. The van der Waals surface area contributed by atoms with Crippen LogP contribution in [0.25, 0.3) is 0 Å². The second-order valence-electron chi connectivity index (χ2n) is 5.12. The summed E-state index contributed by atoms with van der Waals surface area (Å²) in [5.74, 6) is 0.785. The summed E-state index contributed by atoms with van der Waals surface area (Å²) in [4.78, 5) is 11.5. The lowest BCUT2D eigenvalue weighted by Crippen LogP contribution is -2.16. The van der Waals surface area contributed by atoms with Crippen molar-refractivity contribution in [1.29, 1.82) is 0 Å². The first-order valence-corrected chi connectivity index (χ1v) is 7.77. The van der Waals surface area contributed by atoms with Gasteiger partial charge in [-0.05, 0) is 42.3 Å². The second-order valence-corrected chi connectivity index (χ2v) is 5.55. The number of hydrogen-bond acceptors (Lipinski definition) is 3. The van der Waals surface area contributed by atoms with Crippen molar-refractivity contribution in [3.8, 4) is 11.5 Å². The molecule has 122 valence electrons. The monoisotopic (exact) mass is 333 g/mol. The van der Waals surface area contributed by atoms with Gasteiger partial charge in [0.1, 0.15) is 0 Å². The predicted octanol–water partition coefficient (Wildman–Crippen LogP) is 3.75. The summed E-state index contributed by atoms with van der Waals surface area (Å²) >= 11 is 5.94. The van der Waals surface area contributed by atoms with Gasteiger partial charge in [-0.25, -0.2) is 0 Å². The molecule has 0 aliphatic heterocycles. The number of primary amides is 1. The van der Waals surface area contributed by atoms with Crippen LogP contribution in [0.1, 0.15) is 30.4 Å². The zero-order chi connectivity index (χ0) is 16.8. The number of carbonyl (C=O) groups is 1. The fraction of sp³-hybridized carbons (Fsp3) is 0.278. The molecule has 1 atom stereocenters. The molecule has 4 nitrogen and oxygen atoms in total. The summed E-state index contributed by atoms with van der Waals surface area (Å²) in [5, 5.41) is 0.649. The first kappa shape index (κ1) is 17.2. The van der Waals surface area contributed by atoms with E-state index in [2.05, 4.69) is 0 Å². The van der Waals surface area contributed by atoms with Gasteiger partial charge in [-0.2, -0.15) is 0 Å². The van der Waals surface area contributed by atoms with E-state index in [4.69, 9.17) is 26.8 Å². The molecule has 0 aliphatic rings. The van der Waals surface area contributed by atoms with Gasteiger partial charge in [-0.3, -0.25) is 4.79 Å². The number of ether oxygens (including phenoxy) is 2. The number of methoxy groups -OCH3 is 1. The number of halogens is 1. The van der Waals surface area contributed by atoms with Crippen LogP contribution >= 0.6 is 11.6 Å². The third-order valence-corrected chi connectivity index (χ3v) is 3.82. The minimum atomic E-state index is -0.363. The number of carbonyl (C=O) groups excluding carboxylic acids is 1. The zero-order valence-electron chi connectivity index (χ0n) is 13.2. The first-order chi connectivity index (χ1) is 11.0. The lowest BCUT2D eigenvalue weighted by molar-refractivity contribution is -0.118. The van der Waals surface area contributed by atoms with Crippen LogP contribution in [0.5, 0.6) is 11.5 Å². The Bertz CT molecular complexity index is 670. The fourth-order valence-corrected chi connectivity index (χ4v) is 2.63. The van der Waals surface area contributed by atoms with E-state index in [1.807, 2.05) is 37.3 Å². The Morgan fingerprint density at radius 3 is 2.35 bits per heavy atom. The average molecular weight is 334 g/mol. The van der Waals surface area contributed by atoms with Crippen LogP contribution in [0.2, 0.25) is 5.02 Å². The molecule has 23 heavy (non-hydrogen) atoms. The van der Waals surface area contributed by atoms with Gasteiger partial charge in [-0.15, -0.1) is 0 Å². The molecule has 1 amide bonds. The molecule has 1 unspecified atom stereocenters. The highest BCUT2D eigenvalue weighted by molar-refractivity contribution is 6.30. The third-order valence-electron chi connectivity index (χ3n) is 3.57. The minimum Gasteiger partial charge on any atom is -0.493 e. The summed E-state index contributed by atoms with van der Waals surface area (Å²) < 4.78 is 10.9. The number of hydrogen-bond donors (Lipinski definition) is 1. The Balaban J connectivity index is 2.42. The highest BCUT2D eigenvalue weighted by Gasteiger charge is 2.19. The molecule has 2 aromatic carbocycles. The summed E-state index contributed by atoms with van der Waals surface area (Å²) in [5.41, 5.74) is 7.33.